The summed E-state index contributed by atoms with van der Waals surface area (Å²) in [5.74, 6) is 0. The molecule has 0 fully saturated rings. The van der Waals surface area contributed by atoms with Gasteiger partial charge in [-0.1, -0.05) is 18.2 Å². The van der Waals surface area contributed by atoms with Crippen molar-refractivity contribution in [2.75, 3.05) is 0 Å². The Kier molecular flexibility index (Phi) is 2.88. The van der Waals surface area contributed by atoms with E-state index in [-0.39, 0.29) is 5.56 Å². The van der Waals surface area contributed by atoms with Crippen molar-refractivity contribution in [2.45, 2.75) is 13.1 Å². The molecule has 0 atom stereocenters. The maximum Gasteiger partial charge on any atom is 0.416 e. The summed E-state index contributed by atoms with van der Waals surface area (Å²) in [6.45, 7) is 1.48. The average Bonchev–Trinajstić information content (AvgIpc) is 2.29. The van der Waals surface area contributed by atoms with Gasteiger partial charge in [0, 0.05) is 18.0 Å². The van der Waals surface area contributed by atoms with Crippen LogP contribution in [0, 0.1) is 6.92 Å². The summed E-state index contributed by atoms with van der Waals surface area (Å²) >= 11 is 0. The van der Waals surface area contributed by atoms with Crippen LogP contribution in [0.3, 0.4) is 0 Å². The van der Waals surface area contributed by atoms with E-state index in [1.807, 2.05) is 0 Å². The zero-order valence-corrected chi connectivity index (χ0v) is 9.12. The Morgan fingerprint density at radius 2 is 1.82 bits per heavy atom. The van der Waals surface area contributed by atoms with Crippen molar-refractivity contribution in [3.63, 3.8) is 0 Å². The van der Waals surface area contributed by atoms with Crippen LogP contribution in [0.2, 0.25) is 0 Å². The van der Waals surface area contributed by atoms with Crippen molar-refractivity contribution in [1.29, 1.82) is 0 Å². The molecule has 0 bridgehead atoms. The largest absolute Gasteiger partial charge is 0.416 e. The molecule has 0 aliphatic carbocycles. The summed E-state index contributed by atoms with van der Waals surface area (Å²) in [5, 5.41) is 0. The lowest BCUT2D eigenvalue weighted by Gasteiger charge is -2.13. The lowest BCUT2D eigenvalue weighted by Crippen LogP contribution is -2.07. The smallest absolute Gasteiger partial charge is 0.264 e. The quantitative estimate of drug-likeness (QED) is 0.728. The van der Waals surface area contributed by atoms with Gasteiger partial charge in [-0.2, -0.15) is 13.2 Å². The van der Waals surface area contributed by atoms with Gasteiger partial charge in [-0.15, -0.1) is 0 Å². The SMILES string of the molecule is Cc1c(-c2cccnc2)cccc1C(F)(F)F. The predicted octanol–water partition coefficient (Wildman–Crippen LogP) is 4.08. The molecule has 17 heavy (non-hydrogen) atoms. The second-order valence-corrected chi connectivity index (χ2v) is 3.72. The van der Waals surface area contributed by atoms with Crippen LogP contribution >= 0.6 is 0 Å². The number of halogens is 3. The molecule has 0 unspecified atom stereocenters. The molecule has 1 nitrogen and oxygen atoms in total. The molecule has 0 N–H and O–H groups in total. The summed E-state index contributed by atoms with van der Waals surface area (Å²) in [5.41, 5.74) is 0.885. The second kappa shape index (κ2) is 4.20. The summed E-state index contributed by atoms with van der Waals surface area (Å²) in [4.78, 5) is 3.91. The molecule has 88 valence electrons. The van der Waals surface area contributed by atoms with E-state index < -0.39 is 11.7 Å². The van der Waals surface area contributed by atoms with Gasteiger partial charge in [0.25, 0.3) is 0 Å². The molecule has 0 saturated carbocycles. The Bertz CT molecular complexity index is 518. The Morgan fingerprint density at radius 3 is 2.41 bits per heavy atom. The Labute approximate surface area is 96.9 Å². The molecule has 1 aromatic heterocycles. The molecule has 0 spiro atoms. The molecule has 0 radical (unpaired) electrons. The monoisotopic (exact) mass is 237 g/mol. The zero-order valence-electron chi connectivity index (χ0n) is 9.12. The van der Waals surface area contributed by atoms with E-state index in [9.17, 15) is 13.2 Å². The van der Waals surface area contributed by atoms with Gasteiger partial charge in [-0.05, 0) is 30.2 Å². The highest BCUT2D eigenvalue weighted by Gasteiger charge is 2.32. The van der Waals surface area contributed by atoms with E-state index in [0.29, 0.717) is 11.1 Å². The molecular weight excluding hydrogens is 227 g/mol. The number of nitrogens with zero attached hydrogens (tertiary/aromatic N) is 1. The van der Waals surface area contributed by atoms with Gasteiger partial charge in [0.1, 0.15) is 0 Å². The van der Waals surface area contributed by atoms with E-state index >= 15 is 0 Å². The number of benzene rings is 1. The van der Waals surface area contributed by atoms with Crippen molar-refractivity contribution < 1.29 is 13.2 Å². The molecule has 1 heterocycles. The number of pyridine rings is 1. The fourth-order valence-corrected chi connectivity index (χ4v) is 1.78. The van der Waals surface area contributed by atoms with Gasteiger partial charge in [0.05, 0.1) is 5.56 Å². The zero-order chi connectivity index (χ0) is 12.5. The highest BCUT2D eigenvalue weighted by atomic mass is 19.4. The molecule has 4 heteroatoms. The van der Waals surface area contributed by atoms with Crippen LogP contribution in [-0.4, -0.2) is 4.98 Å². The van der Waals surface area contributed by atoms with Crippen LogP contribution in [0.1, 0.15) is 11.1 Å². The number of rotatable bonds is 1. The van der Waals surface area contributed by atoms with E-state index in [1.54, 1.807) is 30.6 Å². The van der Waals surface area contributed by atoms with Gasteiger partial charge in [0.2, 0.25) is 0 Å². The van der Waals surface area contributed by atoms with Crippen LogP contribution in [-0.2, 0) is 6.18 Å². The summed E-state index contributed by atoms with van der Waals surface area (Å²) in [6.07, 6.45) is -1.17. The van der Waals surface area contributed by atoms with Gasteiger partial charge in [-0.25, -0.2) is 0 Å². The first-order valence-corrected chi connectivity index (χ1v) is 5.07. The van der Waals surface area contributed by atoms with Crippen molar-refractivity contribution in [3.8, 4) is 11.1 Å². The highest BCUT2D eigenvalue weighted by Crippen LogP contribution is 2.35. The van der Waals surface area contributed by atoms with Crippen molar-refractivity contribution in [3.05, 3.63) is 53.9 Å². The predicted molar refractivity (Wildman–Crippen MR) is 59.4 cm³/mol. The fourth-order valence-electron chi connectivity index (χ4n) is 1.78. The molecular formula is C13H10F3N. The van der Waals surface area contributed by atoms with Gasteiger partial charge < -0.3 is 0 Å². The molecule has 0 amide bonds. The first-order valence-electron chi connectivity index (χ1n) is 5.07. The summed E-state index contributed by atoms with van der Waals surface area (Å²) in [6, 6.07) is 7.62. The van der Waals surface area contributed by atoms with Crippen molar-refractivity contribution >= 4 is 0 Å². The molecule has 2 aromatic rings. The third-order valence-electron chi connectivity index (χ3n) is 2.61. The second-order valence-electron chi connectivity index (χ2n) is 3.72. The lowest BCUT2D eigenvalue weighted by atomic mass is 9.97. The molecule has 0 aliphatic heterocycles. The average molecular weight is 237 g/mol. The number of hydrogen-bond donors (Lipinski definition) is 0. The van der Waals surface area contributed by atoms with E-state index in [2.05, 4.69) is 4.98 Å². The first-order chi connectivity index (χ1) is 8.00. The third kappa shape index (κ3) is 2.30. The number of hydrogen-bond acceptors (Lipinski definition) is 1. The number of alkyl halides is 3. The third-order valence-corrected chi connectivity index (χ3v) is 2.61. The summed E-state index contributed by atoms with van der Waals surface area (Å²) < 4.78 is 38.2. The topological polar surface area (TPSA) is 12.9 Å². The van der Waals surface area contributed by atoms with Gasteiger partial charge in [0.15, 0.2) is 0 Å². The van der Waals surface area contributed by atoms with Crippen LogP contribution < -0.4 is 0 Å². The van der Waals surface area contributed by atoms with Crippen LogP contribution in [0.15, 0.2) is 42.7 Å². The minimum Gasteiger partial charge on any atom is -0.264 e. The van der Waals surface area contributed by atoms with E-state index in [0.717, 1.165) is 6.07 Å². The molecule has 1 aromatic carbocycles. The Balaban J connectivity index is 2.58. The van der Waals surface area contributed by atoms with Crippen LogP contribution in [0.5, 0.6) is 0 Å². The fraction of sp³-hybridized carbons (Fsp3) is 0.154. The number of aromatic nitrogens is 1. The minimum absolute atomic E-state index is 0.230. The highest BCUT2D eigenvalue weighted by molar-refractivity contribution is 5.67. The van der Waals surface area contributed by atoms with E-state index in [1.165, 1.54) is 13.0 Å². The summed E-state index contributed by atoms with van der Waals surface area (Å²) in [7, 11) is 0. The van der Waals surface area contributed by atoms with Crippen molar-refractivity contribution in [1.82, 2.24) is 4.98 Å². The Morgan fingerprint density at radius 1 is 1.06 bits per heavy atom. The Hall–Kier alpha value is -1.84. The normalized spacial score (nSPS) is 11.5. The molecule has 0 saturated heterocycles. The van der Waals surface area contributed by atoms with Gasteiger partial charge >= 0.3 is 6.18 Å². The first kappa shape index (κ1) is 11.6. The maximum atomic E-state index is 12.7. The van der Waals surface area contributed by atoms with Gasteiger partial charge in [-0.3, -0.25) is 4.98 Å². The molecule has 2 rings (SSSR count). The van der Waals surface area contributed by atoms with Crippen molar-refractivity contribution in [2.24, 2.45) is 0 Å². The molecule has 0 aliphatic rings. The van der Waals surface area contributed by atoms with Crippen LogP contribution in [0.25, 0.3) is 11.1 Å². The lowest BCUT2D eigenvalue weighted by molar-refractivity contribution is -0.138. The minimum atomic E-state index is -4.32. The standard InChI is InChI=1S/C13H10F3N/c1-9-11(10-4-3-7-17-8-10)5-2-6-12(9)13(14,15)16/h2-8H,1H3. The van der Waals surface area contributed by atoms with E-state index in [4.69, 9.17) is 0 Å². The van der Waals surface area contributed by atoms with Crippen LogP contribution in [0.4, 0.5) is 13.2 Å². The maximum absolute atomic E-state index is 12.7.